The average molecular weight is 436 g/mol. The lowest BCUT2D eigenvalue weighted by atomic mass is 9.97. The molecule has 8 heteroatoms. The van der Waals surface area contributed by atoms with E-state index in [1.165, 1.54) is 0 Å². The van der Waals surface area contributed by atoms with Crippen molar-refractivity contribution < 1.29 is 14.3 Å². The lowest BCUT2D eigenvalue weighted by Gasteiger charge is -2.40. The van der Waals surface area contributed by atoms with Crippen LogP contribution in [0.2, 0.25) is 0 Å². The lowest BCUT2D eigenvalue weighted by molar-refractivity contribution is 0.00314. The molecule has 2 saturated heterocycles. The van der Waals surface area contributed by atoms with Crippen LogP contribution in [0, 0.1) is 6.92 Å². The third kappa shape index (κ3) is 3.78. The van der Waals surface area contributed by atoms with E-state index in [0.29, 0.717) is 11.6 Å². The number of rotatable bonds is 3. The highest BCUT2D eigenvalue weighted by atomic mass is 16.6. The van der Waals surface area contributed by atoms with Crippen LogP contribution in [0.3, 0.4) is 0 Å². The monoisotopic (exact) mass is 435 g/mol. The minimum absolute atomic E-state index is 0.189. The summed E-state index contributed by atoms with van der Waals surface area (Å²) >= 11 is 0. The first-order valence-corrected chi connectivity index (χ1v) is 11.2. The van der Waals surface area contributed by atoms with E-state index in [9.17, 15) is 4.79 Å². The number of pyridine rings is 1. The number of piperidine rings is 1. The Hall–Kier alpha value is -3.16. The summed E-state index contributed by atoms with van der Waals surface area (Å²) in [6.07, 6.45) is 8.98. The summed E-state index contributed by atoms with van der Waals surface area (Å²) < 4.78 is 14.0. The van der Waals surface area contributed by atoms with Gasteiger partial charge in [-0.3, -0.25) is 4.98 Å². The van der Waals surface area contributed by atoms with Crippen LogP contribution in [0.15, 0.2) is 36.9 Å². The molecule has 0 spiro atoms. The van der Waals surface area contributed by atoms with E-state index in [2.05, 4.69) is 25.7 Å². The predicted molar refractivity (Wildman–Crippen MR) is 120 cm³/mol. The van der Waals surface area contributed by atoms with Gasteiger partial charge >= 0.3 is 6.09 Å². The lowest BCUT2D eigenvalue weighted by Crippen LogP contribution is -2.48. The predicted octanol–water partition coefficient (Wildman–Crippen LogP) is 5.03. The van der Waals surface area contributed by atoms with Crippen LogP contribution in [0.1, 0.15) is 58.2 Å². The molecule has 2 aliphatic heterocycles. The van der Waals surface area contributed by atoms with Crippen molar-refractivity contribution in [3.05, 3.63) is 42.6 Å². The molecule has 0 aromatic carbocycles. The van der Waals surface area contributed by atoms with E-state index in [0.717, 1.165) is 42.4 Å². The zero-order valence-electron chi connectivity index (χ0n) is 19.0. The maximum absolute atomic E-state index is 12.8. The molecule has 0 aliphatic carbocycles. The summed E-state index contributed by atoms with van der Waals surface area (Å²) in [5.74, 6) is 1.21. The number of nitrogens with zero attached hydrogens (tertiary/aromatic N) is 5. The van der Waals surface area contributed by atoms with Crippen molar-refractivity contribution in [2.75, 3.05) is 0 Å². The molecule has 1 amide bonds. The van der Waals surface area contributed by atoms with Gasteiger partial charge in [0.15, 0.2) is 5.75 Å². The van der Waals surface area contributed by atoms with Crippen molar-refractivity contribution >= 4 is 17.1 Å². The molecular formula is C24H29N5O3. The Labute approximate surface area is 187 Å². The summed E-state index contributed by atoms with van der Waals surface area (Å²) in [6, 6.07) is 6.41. The summed E-state index contributed by atoms with van der Waals surface area (Å²) in [5, 5.41) is 0.873. The molecule has 2 bridgehead atoms. The zero-order valence-corrected chi connectivity index (χ0v) is 19.0. The second-order valence-electron chi connectivity index (χ2n) is 9.73. The fourth-order valence-electron chi connectivity index (χ4n) is 4.99. The normalized spacial score (nSPS) is 22.9. The van der Waals surface area contributed by atoms with Crippen LogP contribution < -0.4 is 4.74 Å². The van der Waals surface area contributed by atoms with E-state index in [-0.39, 0.29) is 24.2 Å². The van der Waals surface area contributed by atoms with Gasteiger partial charge in [0.05, 0.1) is 11.1 Å². The Morgan fingerprint density at radius 1 is 1.06 bits per heavy atom. The van der Waals surface area contributed by atoms with E-state index in [1.807, 2.05) is 50.8 Å². The van der Waals surface area contributed by atoms with Gasteiger partial charge in [-0.15, -0.1) is 0 Å². The summed E-state index contributed by atoms with van der Waals surface area (Å²) in [7, 11) is 0. The van der Waals surface area contributed by atoms with Crippen molar-refractivity contribution in [2.24, 2.45) is 0 Å². The van der Waals surface area contributed by atoms with Gasteiger partial charge in [0, 0.05) is 30.5 Å². The van der Waals surface area contributed by atoms with Crippen LogP contribution in [0.5, 0.6) is 11.6 Å². The standard InChI is InChI=1S/C24H29N5O3/c1-15-20(6-5-10-25-15)31-22-19-9-11-28(21(19)26-14-27-22)18-12-16-7-8-17(13-18)29(16)23(30)32-24(2,3)4/h5-6,9-11,14,16-18H,7-8,12-13H2,1-4H3. The molecule has 168 valence electrons. The van der Waals surface area contributed by atoms with Gasteiger partial charge in [0.2, 0.25) is 5.88 Å². The summed E-state index contributed by atoms with van der Waals surface area (Å²) in [4.78, 5) is 28.0. The van der Waals surface area contributed by atoms with Gasteiger partial charge in [-0.2, -0.15) is 0 Å². The quantitative estimate of drug-likeness (QED) is 0.574. The minimum atomic E-state index is -0.482. The highest BCUT2D eigenvalue weighted by Crippen LogP contribution is 2.43. The summed E-state index contributed by atoms with van der Waals surface area (Å²) in [6.45, 7) is 7.65. The number of hydrogen-bond acceptors (Lipinski definition) is 6. The highest BCUT2D eigenvalue weighted by Gasteiger charge is 2.45. The largest absolute Gasteiger partial charge is 0.444 e. The molecule has 2 aliphatic rings. The molecule has 8 nitrogen and oxygen atoms in total. The number of hydrogen-bond donors (Lipinski definition) is 0. The molecule has 0 radical (unpaired) electrons. The topological polar surface area (TPSA) is 82.4 Å². The molecule has 2 atom stereocenters. The Morgan fingerprint density at radius 2 is 1.81 bits per heavy atom. The molecule has 0 N–H and O–H groups in total. The molecular weight excluding hydrogens is 406 g/mol. The number of carbonyl (C=O) groups excluding carboxylic acids is 1. The second-order valence-corrected chi connectivity index (χ2v) is 9.73. The van der Waals surface area contributed by atoms with Crippen molar-refractivity contribution in [3.63, 3.8) is 0 Å². The van der Waals surface area contributed by atoms with Crippen molar-refractivity contribution in [2.45, 2.75) is 77.1 Å². The molecule has 3 aromatic heterocycles. The van der Waals surface area contributed by atoms with Gasteiger partial charge in [0.1, 0.15) is 17.6 Å². The molecule has 2 fully saturated rings. The van der Waals surface area contributed by atoms with Gasteiger partial charge in [0.25, 0.3) is 0 Å². The van der Waals surface area contributed by atoms with Gasteiger partial charge in [-0.1, -0.05) is 0 Å². The smallest absolute Gasteiger partial charge is 0.410 e. The molecule has 5 rings (SSSR count). The zero-order chi connectivity index (χ0) is 22.5. The van der Waals surface area contributed by atoms with Crippen LogP contribution in [-0.4, -0.2) is 48.2 Å². The maximum Gasteiger partial charge on any atom is 0.410 e. The first-order valence-electron chi connectivity index (χ1n) is 11.2. The van der Waals surface area contributed by atoms with Crippen LogP contribution in [0.4, 0.5) is 4.79 Å². The Morgan fingerprint density at radius 3 is 2.50 bits per heavy atom. The number of fused-ring (bicyclic) bond motifs is 3. The van der Waals surface area contributed by atoms with Crippen LogP contribution >= 0.6 is 0 Å². The fraction of sp³-hybridized carbons (Fsp3) is 0.500. The van der Waals surface area contributed by atoms with Crippen molar-refractivity contribution in [3.8, 4) is 11.6 Å². The maximum atomic E-state index is 12.8. The Balaban J connectivity index is 1.39. The van der Waals surface area contributed by atoms with E-state index >= 15 is 0 Å². The molecule has 32 heavy (non-hydrogen) atoms. The van der Waals surface area contributed by atoms with E-state index in [4.69, 9.17) is 9.47 Å². The number of carbonyl (C=O) groups is 1. The molecule has 5 heterocycles. The van der Waals surface area contributed by atoms with E-state index < -0.39 is 5.60 Å². The number of aromatic nitrogens is 4. The summed E-state index contributed by atoms with van der Waals surface area (Å²) in [5.41, 5.74) is 1.18. The van der Waals surface area contributed by atoms with Crippen molar-refractivity contribution in [1.82, 2.24) is 24.4 Å². The second kappa shape index (κ2) is 7.76. The number of aryl methyl sites for hydroxylation is 1. The average Bonchev–Trinajstić information content (AvgIpc) is 3.28. The third-order valence-electron chi connectivity index (χ3n) is 6.34. The van der Waals surface area contributed by atoms with Crippen LogP contribution in [-0.2, 0) is 4.74 Å². The third-order valence-corrected chi connectivity index (χ3v) is 6.34. The molecule has 2 unspecified atom stereocenters. The SMILES string of the molecule is Cc1ncccc1Oc1ncnc2c1ccn2C1CC2CCC(C1)N2C(=O)OC(C)(C)C. The first-order chi connectivity index (χ1) is 15.3. The van der Waals surface area contributed by atoms with Crippen molar-refractivity contribution in [1.29, 1.82) is 0 Å². The molecule has 0 saturated carbocycles. The minimum Gasteiger partial charge on any atom is -0.444 e. The molecule has 3 aromatic rings. The Kier molecular flexibility index (Phi) is 5.03. The fourth-order valence-corrected chi connectivity index (χ4v) is 4.99. The van der Waals surface area contributed by atoms with Gasteiger partial charge in [-0.05, 0) is 71.6 Å². The highest BCUT2D eigenvalue weighted by molar-refractivity contribution is 5.81. The first kappa shape index (κ1) is 20.7. The van der Waals surface area contributed by atoms with Gasteiger partial charge < -0.3 is 18.9 Å². The van der Waals surface area contributed by atoms with E-state index in [1.54, 1.807) is 12.5 Å². The number of amides is 1. The Bertz CT molecular complexity index is 1140. The van der Waals surface area contributed by atoms with Gasteiger partial charge in [-0.25, -0.2) is 14.8 Å². The van der Waals surface area contributed by atoms with Crippen LogP contribution in [0.25, 0.3) is 11.0 Å². The number of ether oxygens (including phenoxy) is 2.